The molecule has 2 fully saturated rings. The van der Waals surface area contributed by atoms with Crippen LogP contribution in [0.15, 0.2) is 10.5 Å². The van der Waals surface area contributed by atoms with Gasteiger partial charge < -0.3 is 10.2 Å². The lowest BCUT2D eigenvalue weighted by Crippen LogP contribution is -2.36. The van der Waals surface area contributed by atoms with E-state index in [1.54, 1.807) is 11.8 Å². The van der Waals surface area contributed by atoms with Crippen molar-refractivity contribution in [2.24, 2.45) is 23.7 Å². The summed E-state index contributed by atoms with van der Waals surface area (Å²) in [5, 5.41) is 18.5. The summed E-state index contributed by atoms with van der Waals surface area (Å²) >= 11 is 1.76. The van der Waals surface area contributed by atoms with Crippen molar-refractivity contribution in [3.63, 3.8) is 0 Å². The molecule has 1 heterocycles. The predicted molar refractivity (Wildman–Crippen MR) is 62.6 cm³/mol. The lowest BCUT2D eigenvalue weighted by atomic mass is 9.76. The molecule has 0 aromatic heterocycles. The van der Waals surface area contributed by atoms with Crippen molar-refractivity contribution in [1.29, 1.82) is 0 Å². The van der Waals surface area contributed by atoms with E-state index in [1.807, 2.05) is 0 Å². The normalized spacial score (nSPS) is 39.3. The van der Waals surface area contributed by atoms with Crippen LogP contribution in [0.2, 0.25) is 0 Å². The molecule has 1 saturated carbocycles. The van der Waals surface area contributed by atoms with Gasteiger partial charge in [0.2, 0.25) is 0 Å². The van der Waals surface area contributed by atoms with Gasteiger partial charge in [-0.2, -0.15) is 0 Å². The Hall–Kier alpha value is -0.970. The molecule has 0 aromatic carbocycles. The Kier molecular flexibility index (Phi) is 2.47. The molecular formula is C12H14O4S. The molecule has 0 radical (unpaired) electrons. The maximum Gasteiger partial charge on any atom is 0.311 e. The third-order valence-corrected chi connectivity index (χ3v) is 5.66. The molecule has 17 heavy (non-hydrogen) atoms. The van der Waals surface area contributed by atoms with Gasteiger partial charge in [-0.15, -0.1) is 11.8 Å². The Morgan fingerprint density at radius 2 is 2.00 bits per heavy atom. The standard InChI is InChI=1S/C12H14O4S/c13-11(14)8-6-4-7(9(8)12(15)16)10-5(6)2-1-3-17-10/h5-6,8-9H,1-4H2,(H,13,14)(H,15,16). The van der Waals surface area contributed by atoms with Gasteiger partial charge in [-0.05, 0) is 47.3 Å². The first kappa shape index (κ1) is 11.1. The van der Waals surface area contributed by atoms with Gasteiger partial charge in [0.25, 0.3) is 0 Å². The largest absolute Gasteiger partial charge is 0.481 e. The minimum atomic E-state index is -0.966. The summed E-state index contributed by atoms with van der Waals surface area (Å²) in [6, 6.07) is 0. The summed E-state index contributed by atoms with van der Waals surface area (Å²) in [7, 11) is 0. The quantitative estimate of drug-likeness (QED) is 0.786. The first-order valence-corrected chi connectivity index (χ1v) is 6.91. The number of allylic oxidation sites excluding steroid dienone is 1. The van der Waals surface area contributed by atoms with E-state index in [2.05, 4.69) is 0 Å². The summed E-state index contributed by atoms with van der Waals surface area (Å²) in [6.45, 7) is 0. The fourth-order valence-corrected chi connectivity index (χ4v) is 5.14. The molecule has 2 N–H and O–H groups in total. The molecule has 5 heteroatoms. The van der Waals surface area contributed by atoms with E-state index >= 15 is 0 Å². The van der Waals surface area contributed by atoms with Gasteiger partial charge in [0.05, 0.1) is 11.8 Å². The number of fused-ring (bicyclic) bond motifs is 4. The monoisotopic (exact) mass is 254 g/mol. The number of aliphatic carboxylic acids is 2. The Morgan fingerprint density at radius 1 is 1.24 bits per heavy atom. The van der Waals surface area contributed by atoms with Gasteiger partial charge in [-0.25, -0.2) is 0 Å². The van der Waals surface area contributed by atoms with E-state index in [4.69, 9.17) is 0 Å². The maximum absolute atomic E-state index is 11.3. The smallest absolute Gasteiger partial charge is 0.311 e. The van der Waals surface area contributed by atoms with Crippen molar-refractivity contribution in [3.8, 4) is 0 Å². The topological polar surface area (TPSA) is 74.6 Å². The van der Waals surface area contributed by atoms with Gasteiger partial charge in [-0.1, -0.05) is 0 Å². The predicted octanol–water partition coefficient (Wildman–Crippen LogP) is 1.82. The van der Waals surface area contributed by atoms with E-state index in [-0.39, 0.29) is 5.92 Å². The lowest BCUT2D eigenvalue weighted by Gasteiger charge is -2.33. The van der Waals surface area contributed by atoms with Crippen LogP contribution in [0, 0.1) is 23.7 Å². The molecule has 92 valence electrons. The maximum atomic E-state index is 11.3. The Bertz CT molecular complexity index is 428. The molecule has 0 spiro atoms. The molecule has 4 atom stereocenters. The van der Waals surface area contributed by atoms with Crippen molar-refractivity contribution < 1.29 is 19.8 Å². The molecule has 3 rings (SSSR count). The number of carboxylic acids is 2. The van der Waals surface area contributed by atoms with Crippen molar-refractivity contribution in [2.75, 3.05) is 5.75 Å². The molecule has 1 aliphatic heterocycles. The number of hydrogen-bond acceptors (Lipinski definition) is 3. The Labute approximate surface area is 103 Å². The van der Waals surface area contributed by atoms with Crippen LogP contribution in [-0.4, -0.2) is 27.9 Å². The van der Waals surface area contributed by atoms with E-state index in [0.717, 1.165) is 24.2 Å². The minimum Gasteiger partial charge on any atom is -0.481 e. The van der Waals surface area contributed by atoms with E-state index in [0.29, 0.717) is 12.3 Å². The minimum absolute atomic E-state index is 0.0337. The number of hydrogen-bond donors (Lipinski definition) is 2. The highest BCUT2D eigenvalue weighted by Crippen LogP contribution is 2.60. The van der Waals surface area contributed by atoms with E-state index in [9.17, 15) is 19.8 Å². The first-order chi connectivity index (χ1) is 8.11. The molecule has 0 amide bonds. The van der Waals surface area contributed by atoms with Gasteiger partial charge in [0, 0.05) is 0 Å². The van der Waals surface area contributed by atoms with Gasteiger partial charge in [0.15, 0.2) is 0 Å². The van der Waals surface area contributed by atoms with Crippen molar-refractivity contribution in [3.05, 3.63) is 10.5 Å². The summed E-state index contributed by atoms with van der Waals surface area (Å²) < 4.78 is 0. The highest BCUT2D eigenvalue weighted by Gasteiger charge is 2.57. The van der Waals surface area contributed by atoms with Crippen LogP contribution in [0.4, 0.5) is 0 Å². The number of rotatable bonds is 2. The summed E-state index contributed by atoms with van der Waals surface area (Å²) in [5.74, 6) is -1.96. The van der Waals surface area contributed by atoms with E-state index in [1.165, 1.54) is 4.91 Å². The van der Waals surface area contributed by atoms with Crippen LogP contribution in [0.1, 0.15) is 19.3 Å². The van der Waals surface area contributed by atoms with Crippen LogP contribution in [0.5, 0.6) is 0 Å². The van der Waals surface area contributed by atoms with Gasteiger partial charge in [0.1, 0.15) is 0 Å². The second kappa shape index (κ2) is 3.77. The Morgan fingerprint density at radius 3 is 2.65 bits per heavy atom. The third-order valence-electron chi connectivity index (χ3n) is 4.29. The third kappa shape index (κ3) is 1.44. The van der Waals surface area contributed by atoms with E-state index < -0.39 is 23.8 Å². The van der Waals surface area contributed by atoms with Crippen LogP contribution < -0.4 is 0 Å². The number of thioether (sulfide) groups is 1. The fourth-order valence-electron chi connectivity index (χ4n) is 3.71. The average Bonchev–Trinajstić information content (AvgIpc) is 2.84. The second-order valence-electron chi connectivity index (χ2n) is 5.03. The molecular weight excluding hydrogens is 240 g/mol. The highest BCUT2D eigenvalue weighted by molar-refractivity contribution is 8.03. The van der Waals surface area contributed by atoms with Crippen LogP contribution >= 0.6 is 11.8 Å². The Balaban J connectivity index is 2.04. The van der Waals surface area contributed by atoms with Gasteiger partial charge in [-0.3, -0.25) is 9.59 Å². The summed E-state index contributed by atoms with van der Waals surface area (Å²) in [6.07, 6.45) is 2.85. The van der Waals surface area contributed by atoms with Crippen molar-refractivity contribution >= 4 is 23.7 Å². The highest BCUT2D eigenvalue weighted by atomic mass is 32.2. The zero-order valence-corrected chi connectivity index (χ0v) is 10.1. The lowest BCUT2D eigenvalue weighted by molar-refractivity contribution is -0.153. The van der Waals surface area contributed by atoms with Crippen LogP contribution in [0.3, 0.4) is 0 Å². The SMILES string of the molecule is O=C(O)C1C2=C3SCCCC3C(C2)C1C(=O)O. The molecule has 3 aliphatic rings. The second-order valence-corrected chi connectivity index (χ2v) is 6.17. The molecule has 2 bridgehead atoms. The molecule has 1 saturated heterocycles. The van der Waals surface area contributed by atoms with Crippen molar-refractivity contribution in [2.45, 2.75) is 19.3 Å². The molecule has 4 nitrogen and oxygen atoms in total. The first-order valence-electron chi connectivity index (χ1n) is 5.92. The zero-order valence-electron chi connectivity index (χ0n) is 9.26. The molecule has 0 aromatic rings. The van der Waals surface area contributed by atoms with Crippen LogP contribution in [0.25, 0.3) is 0 Å². The van der Waals surface area contributed by atoms with Gasteiger partial charge >= 0.3 is 11.9 Å². The number of carbonyl (C=O) groups is 2. The zero-order chi connectivity index (χ0) is 12.2. The molecule has 2 aliphatic carbocycles. The fraction of sp³-hybridized carbons (Fsp3) is 0.667. The summed E-state index contributed by atoms with van der Waals surface area (Å²) in [4.78, 5) is 23.8. The average molecular weight is 254 g/mol. The van der Waals surface area contributed by atoms with Crippen LogP contribution in [-0.2, 0) is 9.59 Å². The number of carboxylic acid groups (broad SMARTS) is 2. The molecule has 4 unspecified atom stereocenters. The summed E-state index contributed by atoms with van der Waals surface area (Å²) in [5.41, 5.74) is 0.921. The van der Waals surface area contributed by atoms with Crippen molar-refractivity contribution in [1.82, 2.24) is 0 Å².